The van der Waals surface area contributed by atoms with Crippen LogP contribution in [0.4, 0.5) is 28.0 Å². The molecule has 0 radical (unpaired) electrons. The normalized spacial score (nSPS) is 14.9. The zero-order valence-electron chi connectivity index (χ0n) is 45.0. The second-order valence-corrected chi connectivity index (χ2v) is 19.7. The highest BCUT2D eigenvalue weighted by Gasteiger charge is 2.31. The van der Waals surface area contributed by atoms with Gasteiger partial charge in [-0.25, -0.2) is 18.6 Å². The number of amides is 3. The number of halogens is 4. The number of nitrogens with two attached hydrogens (primary N) is 1. The number of aliphatic hydroxyl groups excluding tert-OH is 1. The molecular formula is C53H77F4N5O16S. The third kappa shape index (κ3) is 24.4. The number of thiophene rings is 1. The highest BCUT2D eigenvalue weighted by atomic mass is 32.1. The molecule has 5 rings (SSSR count). The van der Waals surface area contributed by atoms with Crippen LogP contribution >= 0.6 is 11.3 Å². The molecule has 3 heterocycles. The van der Waals surface area contributed by atoms with Gasteiger partial charge in [-0.15, -0.1) is 11.3 Å². The Bertz CT molecular complexity index is 2210. The third-order valence-corrected chi connectivity index (χ3v) is 13.5. The number of rotatable bonds is 42. The first-order valence-corrected chi connectivity index (χ1v) is 27.8. The first-order chi connectivity index (χ1) is 38.3. The van der Waals surface area contributed by atoms with Gasteiger partial charge in [-0.1, -0.05) is 6.92 Å². The van der Waals surface area contributed by atoms with Gasteiger partial charge in [-0.3, -0.25) is 14.4 Å². The van der Waals surface area contributed by atoms with E-state index in [1.54, 1.807) is 11.3 Å². The summed E-state index contributed by atoms with van der Waals surface area (Å²) in [6, 6.07) is 2.05. The highest BCUT2D eigenvalue weighted by Crippen LogP contribution is 2.36. The number of alkyl carbamates (subject to hydrolysis) is 1. The van der Waals surface area contributed by atoms with E-state index in [-0.39, 0.29) is 103 Å². The number of esters is 1. The maximum Gasteiger partial charge on any atom is 0.407 e. The minimum atomic E-state index is -1.81. The second-order valence-electron chi connectivity index (χ2n) is 18.6. The summed E-state index contributed by atoms with van der Waals surface area (Å²) in [6.45, 7) is 8.41. The molecule has 1 aliphatic carbocycles. The van der Waals surface area contributed by atoms with Crippen molar-refractivity contribution in [2.45, 2.75) is 83.5 Å². The summed E-state index contributed by atoms with van der Waals surface area (Å²) in [7, 11) is 0. The van der Waals surface area contributed by atoms with Crippen molar-refractivity contribution in [3.05, 3.63) is 50.7 Å². The summed E-state index contributed by atoms with van der Waals surface area (Å²) < 4.78 is 112. The highest BCUT2D eigenvalue weighted by molar-refractivity contribution is 7.13. The number of nitrogens with one attached hydrogen (secondary N) is 1. The molecule has 1 atom stereocenters. The van der Waals surface area contributed by atoms with Crippen molar-refractivity contribution in [1.29, 1.82) is 0 Å². The van der Waals surface area contributed by atoms with Crippen LogP contribution in [0.1, 0.15) is 74.5 Å². The van der Waals surface area contributed by atoms with Crippen LogP contribution in [0.5, 0.6) is 5.75 Å². The lowest BCUT2D eigenvalue weighted by atomic mass is 9.94. The lowest BCUT2D eigenvalue weighted by Crippen LogP contribution is -2.50. The summed E-state index contributed by atoms with van der Waals surface area (Å²) in [6.07, 6.45) is 6.85. The van der Waals surface area contributed by atoms with Gasteiger partial charge < -0.3 is 78.1 Å². The maximum atomic E-state index is 13.7. The van der Waals surface area contributed by atoms with Crippen molar-refractivity contribution in [2.75, 3.05) is 145 Å². The lowest BCUT2D eigenvalue weighted by Gasteiger charge is -2.39. The van der Waals surface area contributed by atoms with Gasteiger partial charge in [0.25, 0.3) is 0 Å². The smallest absolute Gasteiger partial charge is 0.407 e. The number of benzene rings is 1. The number of carbonyl (C=O) groups is 4. The minimum absolute atomic E-state index is 0.0107. The first kappa shape index (κ1) is 64.9. The molecule has 21 nitrogen and oxygen atoms in total. The van der Waals surface area contributed by atoms with Gasteiger partial charge in [0.15, 0.2) is 17.9 Å². The first-order valence-electron chi connectivity index (χ1n) is 26.9. The molecule has 26 heteroatoms. The zero-order chi connectivity index (χ0) is 56.6. The standard InChI is InChI=1S/C53H77F4N5O16S/c1-2-12-61(13-4-11-59-53(67)77-39-5-3-6-39)52(66)38-30-44-43(60-45(58)31-38)32-40(79-44)8-7-37-34-62(35-37)46(64)9-14-68-26-28-75-48(36-63)76-29-27-74-25-24-73-23-22-72-21-20-71-19-18-70-17-16-69-15-10-47(65)78-51-49(56)41(54)33-42(55)50(51)57/h30,32-33,37,39,48,63H,2-29,31,34-36H2,1H3,(H2,58,60)(H,59,67). The molecule has 1 aromatic carbocycles. The SMILES string of the molecule is CCCN(CCCNC(=O)OC1CCC1)C(=O)C1=Cc2sc(CCC3CN(C(=O)CCOCCOC(CO)OCCOCCOCCOCCOCCOCCOCCC(=O)Oc4c(F)c(F)cc(F)c4F)C3)cc2N=C(N)C1. The molecule has 2 aromatic rings. The van der Waals surface area contributed by atoms with Crippen LogP contribution in [0.2, 0.25) is 0 Å². The molecular weight excluding hydrogens is 1070 g/mol. The lowest BCUT2D eigenvalue weighted by molar-refractivity contribution is -0.176. The number of hydrogen-bond acceptors (Lipinski definition) is 19. The summed E-state index contributed by atoms with van der Waals surface area (Å²) in [5.41, 5.74) is 7.67. The summed E-state index contributed by atoms with van der Waals surface area (Å²) >= 11 is 1.61. The second kappa shape index (κ2) is 37.2. The number of carbonyl (C=O) groups excluding carboxylic acids is 4. The Morgan fingerprint density at radius 1 is 0.785 bits per heavy atom. The van der Waals surface area contributed by atoms with E-state index in [2.05, 4.69) is 15.0 Å². The number of hydrogen-bond donors (Lipinski definition) is 3. The average Bonchev–Trinajstić information content (AvgIpc) is 3.73. The van der Waals surface area contributed by atoms with Crippen molar-refractivity contribution >= 4 is 52.8 Å². The number of fused-ring (bicyclic) bond motifs is 1. The van der Waals surface area contributed by atoms with Crippen molar-refractivity contribution < 1.29 is 94.0 Å². The molecule has 1 aromatic heterocycles. The van der Waals surface area contributed by atoms with E-state index in [4.69, 9.17) is 53.1 Å². The van der Waals surface area contributed by atoms with Crippen molar-refractivity contribution in [3.8, 4) is 5.75 Å². The molecule has 0 bridgehead atoms. The summed E-state index contributed by atoms with van der Waals surface area (Å²) in [5.74, 6) is -8.84. The minimum Gasteiger partial charge on any atom is -0.446 e. The van der Waals surface area contributed by atoms with Crippen LogP contribution in [-0.2, 0) is 68.2 Å². The Morgan fingerprint density at radius 2 is 1.34 bits per heavy atom. The fourth-order valence-corrected chi connectivity index (χ4v) is 9.03. The third-order valence-electron chi connectivity index (χ3n) is 12.4. The van der Waals surface area contributed by atoms with Gasteiger partial charge in [-0.05, 0) is 63.0 Å². The molecule has 2 fully saturated rings. The van der Waals surface area contributed by atoms with Gasteiger partial charge in [0.1, 0.15) is 11.9 Å². The number of aliphatic hydroxyl groups is 1. The largest absolute Gasteiger partial charge is 0.446 e. The Labute approximate surface area is 462 Å². The molecule has 3 aliphatic rings. The van der Waals surface area contributed by atoms with Crippen LogP contribution in [0.3, 0.4) is 0 Å². The van der Waals surface area contributed by atoms with Gasteiger partial charge in [-0.2, -0.15) is 8.78 Å². The number of ether oxygens (including phenoxy) is 11. The van der Waals surface area contributed by atoms with E-state index >= 15 is 0 Å². The molecule has 79 heavy (non-hydrogen) atoms. The molecule has 0 spiro atoms. The predicted molar refractivity (Wildman–Crippen MR) is 280 cm³/mol. The van der Waals surface area contributed by atoms with Crippen LogP contribution in [-0.4, -0.2) is 202 Å². The van der Waals surface area contributed by atoms with Gasteiger partial charge in [0.2, 0.25) is 29.2 Å². The molecule has 444 valence electrons. The fourth-order valence-electron chi connectivity index (χ4n) is 7.94. The number of nitrogens with zero attached hydrogens (tertiary/aromatic N) is 3. The van der Waals surface area contributed by atoms with E-state index in [0.29, 0.717) is 103 Å². The molecule has 1 saturated carbocycles. The van der Waals surface area contributed by atoms with Crippen LogP contribution < -0.4 is 15.8 Å². The molecule has 3 amide bonds. The summed E-state index contributed by atoms with van der Waals surface area (Å²) in [4.78, 5) is 60.6. The van der Waals surface area contributed by atoms with Gasteiger partial charge in [0.05, 0.1) is 136 Å². The Kier molecular flexibility index (Phi) is 30.6. The van der Waals surface area contributed by atoms with Crippen LogP contribution in [0, 0.1) is 29.2 Å². The van der Waals surface area contributed by atoms with E-state index in [0.717, 1.165) is 54.0 Å². The van der Waals surface area contributed by atoms with Crippen molar-refractivity contribution in [3.63, 3.8) is 0 Å². The van der Waals surface area contributed by atoms with E-state index < -0.39 is 53.8 Å². The average molecular weight is 1150 g/mol. The number of aryl methyl sites for hydroxylation is 1. The Hall–Kier alpha value is -4.87. The van der Waals surface area contributed by atoms with E-state index in [1.807, 2.05) is 28.9 Å². The zero-order valence-corrected chi connectivity index (χ0v) is 45.8. The topological polar surface area (TPSA) is 247 Å². The maximum absolute atomic E-state index is 13.7. The van der Waals surface area contributed by atoms with Crippen LogP contribution in [0.25, 0.3) is 6.08 Å². The molecule has 4 N–H and O–H groups in total. The quantitative estimate of drug-likeness (QED) is 0.0192. The summed E-state index contributed by atoms with van der Waals surface area (Å²) in [5, 5.41) is 12.4. The monoisotopic (exact) mass is 1150 g/mol. The molecule has 1 saturated heterocycles. The number of amidine groups is 1. The van der Waals surface area contributed by atoms with Crippen molar-refractivity contribution in [1.82, 2.24) is 15.1 Å². The number of aliphatic imine (C=N–C) groups is 1. The van der Waals surface area contributed by atoms with E-state index in [1.165, 1.54) is 0 Å². The Balaban J connectivity index is 0.777. The molecule has 2 aliphatic heterocycles. The molecule has 1 unspecified atom stereocenters. The van der Waals surface area contributed by atoms with Gasteiger partial charge in [0, 0.05) is 55.7 Å². The number of likely N-dealkylation sites (tertiary alicyclic amines) is 1. The van der Waals surface area contributed by atoms with E-state index in [9.17, 15) is 41.8 Å². The predicted octanol–water partition coefficient (Wildman–Crippen LogP) is 5.23. The fraction of sp³-hybridized carbons (Fsp3) is 0.679. The van der Waals surface area contributed by atoms with Crippen molar-refractivity contribution in [2.24, 2.45) is 16.6 Å². The Morgan fingerprint density at radius 3 is 1.89 bits per heavy atom. The van der Waals surface area contributed by atoms with Crippen LogP contribution in [0.15, 0.2) is 22.7 Å². The van der Waals surface area contributed by atoms with Gasteiger partial charge >= 0.3 is 12.1 Å².